The van der Waals surface area contributed by atoms with Crippen LogP contribution in [0.4, 0.5) is 4.79 Å². The maximum Gasteiger partial charge on any atom is 0.410 e. The molecule has 0 aromatic rings. The first-order chi connectivity index (χ1) is 8.35. The highest BCUT2D eigenvalue weighted by atomic mass is 16.6. The average molecular weight is 257 g/mol. The number of piperidine rings is 1. The number of carbonyl (C=O) groups is 2. The Bertz CT molecular complexity index is 309. The number of rotatable bonds is 3. The van der Waals surface area contributed by atoms with Crippen LogP contribution in [0.15, 0.2) is 0 Å². The maximum atomic E-state index is 12.0. The van der Waals surface area contributed by atoms with E-state index in [1.165, 1.54) is 12.0 Å². The van der Waals surface area contributed by atoms with E-state index in [1.54, 1.807) is 0 Å². The van der Waals surface area contributed by atoms with Gasteiger partial charge in [-0.2, -0.15) is 0 Å². The minimum atomic E-state index is -0.538. The SMILES string of the molecule is COCC(=O)C1CCCCN1C(=O)OC(C)(C)C. The molecule has 1 amide bonds. The van der Waals surface area contributed by atoms with E-state index in [0.29, 0.717) is 13.0 Å². The molecule has 1 aliphatic heterocycles. The molecule has 1 heterocycles. The number of Topliss-reactive ketones (excluding diaryl/α,β-unsaturated/α-hetero) is 1. The molecule has 1 atom stereocenters. The number of nitrogens with zero attached hydrogens (tertiary/aromatic N) is 1. The van der Waals surface area contributed by atoms with Crippen LogP contribution < -0.4 is 0 Å². The maximum absolute atomic E-state index is 12.0. The van der Waals surface area contributed by atoms with Crippen LogP contribution in [-0.4, -0.2) is 48.7 Å². The predicted molar refractivity (Wildman–Crippen MR) is 67.5 cm³/mol. The molecule has 1 unspecified atom stereocenters. The third-order valence-corrected chi connectivity index (χ3v) is 2.79. The Morgan fingerprint density at radius 1 is 1.28 bits per heavy atom. The van der Waals surface area contributed by atoms with Gasteiger partial charge in [0.1, 0.15) is 12.2 Å². The van der Waals surface area contributed by atoms with Crippen molar-refractivity contribution in [1.82, 2.24) is 4.90 Å². The fourth-order valence-corrected chi connectivity index (χ4v) is 2.04. The van der Waals surface area contributed by atoms with Crippen molar-refractivity contribution in [2.45, 2.75) is 51.7 Å². The van der Waals surface area contributed by atoms with Gasteiger partial charge in [0.2, 0.25) is 0 Å². The fraction of sp³-hybridized carbons (Fsp3) is 0.846. The van der Waals surface area contributed by atoms with Gasteiger partial charge in [0, 0.05) is 13.7 Å². The molecule has 1 fully saturated rings. The first kappa shape index (κ1) is 15.0. The van der Waals surface area contributed by atoms with E-state index in [0.717, 1.165) is 12.8 Å². The molecule has 104 valence electrons. The second-order valence-corrected chi connectivity index (χ2v) is 5.58. The van der Waals surface area contributed by atoms with Crippen LogP contribution in [-0.2, 0) is 14.3 Å². The van der Waals surface area contributed by atoms with E-state index in [1.807, 2.05) is 20.8 Å². The molecule has 0 saturated carbocycles. The number of likely N-dealkylation sites (tertiary alicyclic amines) is 1. The third kappa shape index (κ3) is 4.29. The molecular formula is C13H23NO4. The minimum absolute atomic E-state index is 0.0456. The average Bonchev–Trinajstić information content (AvgIpc) is 2.27. The number of amides is 1. The van der Waals surface area contributed by atoms with Crippen molar-refractivity contribution in [2.75, 3.05) is 20.3 Å². The van der Waals surface area contributed by atoms with Gasteiger partial charge in [-0.3, -0.25) is 9.69 Å². The van der Waals surface area contributed by atoms with Crippen LogP contribution in [0.3, 0.4) is 0 Å². The van der Waals surface area contributed by atoms with Crippen LogP contribution in [0.1, 0.15) is 40.0 Å². The van der Waals surface area contributed by atoms with Crippen molar-refractivity contribution < 1.29 is 19.1 Å². The molecule has 5 nitrogen and oxygen atoms in total. The van der Waals surface area contributed by atoms with E-state index in [4.69, 9.17) is 9.47 Å². The van der Waals surface area contributed by atoms with Crippen molar-refractivity contribution in [1.29, 1.82) is 0 Å². The van der Waals surface area contributed by atoms with Crippen LogP contribution >= 0.6 is 0 Å². The quantitative estimate of drug-likeness (QED) is 0.776. The molecule has 0 aromatic carbocycles. The van der Waals surface area contributed by atoms with Gasteiger partial charge in [-0.1, -0.05) is 0 Å². The Balaban J connectivity index is 2.70. The third-order valence-electron chi connectivity index (χ3n) is 2.79. The molecule has 5 heteroatoms. The highest BCUT2D eigenvalue weighted by Gasteiger charge is 2.34. The minimum Gasteiger partial charge on any atom is -0.444 e. The molecule has 18 heavy (non-hydrogen) atoms. The van der Waals surface area contributed by atoms with Crippen LogP contribution in [0.2, 0.25) is 0 Å². The van der Waals surface area contributed by atoms with Gasteiger partial charge in [0.15, 0.2) is 5.78 Å². The molecule has 0 radical (unpaired) electrons. The highest BCUT2D eigenvalue weighted by Crippen LogP contribution is 2.21. The highest BCUT2D eigenvalue weighted by molar-refractivity contribution is 5.88. The monoisotopic (exact) mass is 257 g/mol. The number of hydrogen-bond donors (Lipinski definition) is 0. The molecule has 0 spiro atoms. The molecule has 0 N–H and O–H groups in total. The standard InChI is InChI=1S/C13H23NO4/c1-13(2,3)18-12(16)14-8-6-5-7-10(14)11(15)9-17-4/h10H,5-9H2,1-4H3. The molecule has 0 bridgehead atoms. The van der Waals surface area contributed by atoms with Crippen LogP contribution in [0.25, 0.3) is 0 Å². The van der Waals surface area contributed by atoms with Gasteiger partial charge in [-0.05, 0) is 40.0 Å². The summed E-state index contributed by atoms with van der Waals surface area (Å²) in [4.78, 5) is 25.5. The summed E-state index contributed by atoms with van der Waals surface area (Å²) in [6.45, 7) is 6.08. The molecule has 0 aromatic heterocycles. The van der Waals surface area contributed by atoms with E-state index >= 15 is 0 Å². The lowest BCUT2D eigenvalue weighted by molar-refractivity contribution is -0.129. The van der Waals surface area contributed by atoms with Crippen LogP contribution in [0.5, 0.6) is 0 Å². The normalized spacial score (nSPS) is 20.7. The van der Waals surface area contributed by atoms with E-state index in [9.17, 15) is 9.59 Å². The molecule has 0 aliphatic carbocycles. The Morgan fingerprint density at radius 3 is 2.50 bits per heavy atom. The van der Waals surface area contributed by atoms with Crippen LogP contribution in [0, 0.1) is 0 Å². The van der Waals surface area contributed by atoms with E-state index < -0.39 is 17.7 Å². The van der Waals surface area contributed by atoms with Gasteiger partial charge in [0.25, 0.3) is 0 Å². The van der Waals surface area contributed by atoms with Gasteiger partial charge in [-0.15, -0.1) is 0 Å². The Hall–Kier alpha value is -1.10. The lowest BCUT2D eigenvalue weighted by Crippen LogP contribution is -2.50. The summed E-state index contributed by atoms with van der Waals surface area (Å²) in [5, 5.41) is 0. The van der Waals surface area contributed by atoms with Crippen molar-refractivity contribution in [3.8, 4) is 0 Å². The number of ketones is 1. The van der Waals surface area contributed by atoms with E-state index in [2.05, 4.69) is 0 Å². The summed E-state index contributed by atoms with van der Waals surface area (Å²) in [6.07, 6.45) is 2.16. The molecular weight excluding hydrogens is 234 g/mol. The largest absolute Gasteiger partial charge is 0.444 e. The number of carbonyl (C=O) groups excluding carboxylic acids is 2. The summed E-state index contributed by atoms with van der Waals surface area (Å²) in [5.41, 5.74) is -0.538. The molecule has 1 saturated heterocycles. The Labute approximate surface area is 108 Å². The molecule has 1 rings (SSSR count). The van der Waals surface area contributed by atoms with Crippen molar-refractivity contribution in [3.05, 3.63) is 0 Å². The summed E-state index contributed by atoms with van der Waals surface area (Å²) >= 11 is 0. The zero-order chi connectivity index (χ0) is 13.8. The fourth-order valence-electron chi connectivity index (χ4n) is 2.04. The number of hydrogen-bond acceptors (Lipinski definition) is 4. The summed E-state index contributed by atoms with van der Waals surface area (Å²) < 4.78 is 10.2. The number of methoxy groups -OCH3 is 1. The second kappa shape index (κ2) is 6.18. The van der Waals surface area contributed by atoms with E-state index in [-0.39, 0.29) is 12.4 Å². The first-order valence-electron chi connectivity index (χ1n) is 6.36. The summed E-state index contributed by atoms with van der Waals surface area (Å²) in [6, 6.07) is -0.395. The van der Waals surface area contributed by atoms with Crippen molar-refractivity contribution in [3.63, 3.8) is 0 Å². The molecule has 1 aliphatic rings. The smallest absolute Gasteiger partial charge is 0.410 e. The lowest BCUT2D eigenvalue weighted by Gasteiger charge is -2.35. The van der Waals surface area contributed by atoms with Gasteiger partial charge < -0.3 is 9.47 Å². The van der Waals surface area contributed by atoms with Gasteiger partial charge in [-0.25, -0.2) is 4.79 Å². The van der Waals surface area contributed by atoms with Gasteiger partial charge in [0.05, 0.1) is 6.04 Å². The zero-order valence-electron chi connectivity index (χ0n) is 11.7. The first-order valence-corrected chi connectivity index (χ1v) is 6.36. The topological polar surface area (TPSA) is 55.8 Å². The Morgan fingerprint density at radius 2 is 1.94 bits per heavy atom. The van der Waals surface area contributed by atoms with Crippen molar-refractivity contribution in [2.24, 2.45) is 0 Å². The van der Waals surface area contributed by atoms with Crippen molar-refractivity contribution >= 4 is 11.9 Å². The summed E-state index contributed by atoms with van der Waals surface area (Å²) in [5.74, 6) is -0.0527. The zero-order valence-corrected chi connectivity index (χ0v) is 11.7. The van der Waals surface area contributed by atoms with Gasteiger partial charge >= 0.3 is 6.09 Å². The Kier molecular flexibility index (Phi) is 5.14. The lowest BCUT2D eigenvalue weighted by atomic mass is 9.99. The number of ether oxygens (including phenoxy) is 2. The summed E-state index contributed by atoms with van der Waals surface area (Å²) in [7, 11) is 1.48. The predicted octanol–water partition coefficient (Wildman–Crippen LogP) is 1.99. The second-order valence-electron chi connectivity index (χ2n) is 5.58.